The molecule has 124 valence electrons. The van der Waals surface area contributed by atoms with Crippen LogP contribution in [0.3, 0.4) is 0 Å². The molecule has 4 rings (SSSR count). The van der Waals surface area contributed by atoms with E-state index in [9.17, 15) is 0 Å². The van der Waals surface area contributed by atoms with Crippen LogP contribution in [0.2, 0.25) is 0 Å². The Bertz CT molecular complexity index is 772. The lowest BCUT2D eigenvalue weighted by atomic mass is 10.1. The van der Waals surface area contributed by atoms with E-state index in [1.807, 2.05) is 0 Å². The van der Waals surface area contributed by atoms with E-state index < -0.39 is 0 Å². The normalized spacial score (nSPS) is 15.9. The number of aromatic amines is 1. The number of aromatic nitrogens is 2. The number of hydrogen-bond acceptors (Lipinski definition) is 3. The molecule has 0 saturated carbocycles. The molecule has 0 aliphatic carbocycles. The highest BCUT2D eigenvalue weighted by molar-refractivity contribution is 5.75. The highest BCUT2D eigenvalue weighted by Crippen LogP contribution is 2.16. The molecule has 1 saturated heterocycles. The van der Waals surface area contributed by atoms with Crippen LogP contribution < -0.4 is 4.90 Å². The average molecular weight is 320 g/mol. The van der Waals surface area contributed by atoms with E-state index >= 15 is 0 Å². The molecule has 4 heteroatoms. The van der Waals surface area contributed by atoms with Crippen molar-refractivity contribution in [3.63, 3.8) is 0 Å². The maximum atomic E-state index is 4.28. The third-order valence-corrected chi connectivity index (χ3v) is 4.92. The lowest BCUT2D eigenvalue weighted by molar-refractivity contribution is 0.255. The van der Waals surface area contributed by atoms with Crippen molar-refractivity contribution in [1.82, 2.24) is 14.9 Å². The topological polar surface area (TPSA) is 35.2 Å². The minimum Gasteiger partial charge on any atom is -0.369 e. The van der Waals surface area contributed by atoms with Crippen molar-refractivity contribution >= 4 is 16.7 Å². The molecule has 3 aromatic rings. The summed E-state index contributed by atoms with van der Waals surface area (Å²) in [6.07, 6.45) is 4.11. The van der Waals surface area contributed by atoms with Crippen molar-refractivity contribution < 1.29 is 0 Å². The Labute approximate surface area is 143 Å². The molecule has 0 spiro atoms. The first-order valence-electron chi connectivity index (χ1n) is 8.83. The minimum absolute atomic E-state index is 1.05. The highest BCUT2D eigenvalue weighted by Gasteiger charge is 2.16. The lowest BCUT2D eigenvalue weighted by Crippen LogP contribution is -2.46. The van der Waals surface area contributed by atoms with Gasteiger partial charge in [0.05, 0.1) is 17.4 Å². The second-order valence-electron chi connectivity index (χ2n) is 6.52. The van der Waals surface area contributed by atoms with Crippen molar-refractivity contribution in [2.45, 2.75) is 12.8 Å². The number of rotatable bonds is 5. The first kappa shape index (κ1) is 15.2. The van der Waals surface area contributed by atoms with E-state index in [-0.39, 0.29) is 0 Å². The molecule has 24 heavy (non-hydrogen) atoms. The smallest absolute Gasteiger partial charge is 0.0931 e. The van der Waals surface area contributed by atoms with Gasteiger partial charge in [-0.15, -0.1) is 0 Å². The quantitative estimate of drug-likeness (QED) is 0.783. The maximum Gasteiger partial charge on any atom is 0.0931 e. The van der Waals surface area contributed by atoms with Gasteiger partial charge in [0.25, 0.3) is 0 Å². The van der Waals surface area contributed by atoms with Crippen molar-refractivity contribution in [3.05, 3.63) is 60.4 Å². The summed E-state index contributed by atoms with van der Waals surface area (Å²) in [7, 11) is 0. The number of aryl methyl sites for hydroxylation is 1. The van der Waals surface area contributed by atoms with Gasteiger partial charge in [0.15, 0.2) is 0 Å². The SMILES string of the molecule is c1ccc(N2CCN(CCCc3ccc4nc[nH]c4c3)CC2)cc1. The van der Waals surface area contributed by atoms with Crippen molar-refractivity contribution in [2.24, 2.45) is 0 Å². The molecule has 0 bridgehead atoms. The molecule has 0 atom stereocenters. The molecule has 2 aromatic carbocycles. The van der Waals surface area contributed by atoms with E-state index in [2.05, 4.69) is 68.3 Å². The molecular weight excluding hydrogens is 296 g/mol. The molecule has 1 aromatic heterocycles. The van der Waals surface area contributed by atoms with E-state index in [4.69, 9.17) is 0 Å². The number of benzene rings is 2. The summed E-state index contributed by atoms with van der Waals surface area (Å²) in [6.45, 7) is 5.76. The van der Waals surface area contributed by atoms with Crippen LogP contribution >= 0.6 is 0 Å². The Morgan fingerprint density at radius 3 is 2.62 bits per heavy atom. The average Bonchev–Trinajstić information content (AvgIpc) is 3.11. The monoisotopic (exact) mass is 320 g/mol. The lowest BCUT2D eigenvalue weighted by Gasteiger charge is -2.36. The molecule has 1 fully saturated rings. The molecular formula is C20H24N4. The fraction of sp³-hybridized carbons (Fsp3) is 0.350. The summed E-state index contributed by atoms with van der Waals surface area (Å²) < 4.78 is 0. The van der Waals surface area contributed by atoms with Gasteiger partial charge in [-0.05, 0) is 49.2 Å². The number of fused-ring (bicyclic) bond motifs is 1. The van der Waals surface area contributed by atoms with Crippen molar-refractivity contribution in [3.8, 4) is 0 Å². The number of nitrogens with zero attached hydrogens (tertiary/aromatic N) is 3. The van der Waals surface area contributed by atoms with E-state index in [0.29, 0.717) is 0 Å². The molecule has 4 nitrogen and oxygen atoms in total. The summed E-state index contributed by atoms with van der Waals surface area (Å²) >= 11 is 0. The molecule has 0 unspecified atom stereocenters. The van der Waals surface area contributed by atoms with Crippen LogP contribution in [-0.4, -0.2) is 47.6 Å². The molecule has 1 aliphatic rings. The fourth-order valence-electron chi connectivity index (χ4n) is 3.51. The van der Waals surface area contributed by atoms with Gasteiger partial charge in [-0.25, -0.2) is 4.98 Å². The second kappa shape index (κ2) is 7.05. The zero-order chi connectivity index (χ0) is 16.2. The zero-order valence-corrected chi connectivity index (χ0v) is 14.0. The molecule has 2 heterocycles. The van der Waals surface area contributed by atoms with E-state index in [1.54, 1.807) is 6.33 Å². The zero-order valence-electron chi connectivity index (χ0n) is 14.0. The standard InChI is InChI=1S/C20H24N4/c1-2-6-18(7-3-1)24-13-11-23(12-14-24)10-4-5-17-8-9-19-20(15-17)22-16-21-19/h1-3,6-9,15-16H,4-5,10-14H2,(H,21,22). The van der Waals surface area contributed by atoms with Crippen LogP contribution in [0, 0.1) is 0 Å². The van der Waals surface area contributed by atoms with Gasteiger partial charge in [-0.1, -0.05) is 24.3 Å². The Morgan fingerprint density at radius 2 is 1.79 bits per heavy atom. The van der Waals surface area contributed by atoms with Gasteiger partial charge in [-0.3, -0.25) is 4.90 Å². The third kappa shape index (κ3) is 3.44. The summed E-state index contributed by atoms with van der Waals surface area (Å²) in [6, 6.07) is 17.3. The number of hydrogen-bond donors (Lipinski definition) is 1. The van der Waals surface area contributed by atoms with Crippen LogP contribution in [0.1, 0.15) is 12.0 Å². The van der Waals surface area contributed by atoms with Gasteiger partial charge in [0, 0.05) is 31.9 Å². The number of nitrogens with one attached hydrogen (secondary N) is 1. The van der Waals surface area contributed by atoms with E-state index in [0.717, 1.165) is 43.6 Å². The molecule has 0 amide bonds. The predicted molar refractivity (Wildman–Crippen MR) is 99.5 cm³/mol. The van der Waals surface area contributed by atoms with E-state index in [1.165, 1.54) is 24.2 Å². The Morgan fingerprint density at radius 1 is 0.958 bits per heavy atom. The summed E-state index contributed by atoms with van der Waals surface area (Å²) in [5.74, 6) is 0. The fourth-order valence-corrected chi connectivity index (χ4v) is 3.51. The van der Waals surface area contributed by atoms with Gasteiger partial charge < -0.3 is 9.88 Å². The maximum absolute atomic E-state index is 4.28. The van der Waals surface area contributed by atoms with Crippen LogP contribution in [0.25, 0.3) is 11.0 Å². The largest absolute Gasteiger partial charge is 0.369 e. The Kier molecular flexibility index (Phi) is 4.47. The van der Waals surface area contributed by atoms with Crippen LogP contribution in [0.15, 0.2) is 54.9 Å². The van der Waals surface area contributed by atoms with Gasteiger partial charge in [0.2, 0.25) is 0 Å². The van der Waals surface area contributed by atoms with Crippen LogP contribution in [-0.2, 0) is 6.42 Å². The highest BCUT2D eigenvalue weighted by atomic mass is 15.3. The van der Waals surface area contributed by atoms with Gasteiger partial charge >= 0.3 is 0 Å². The van der Waals surface area contributed by atoms with Gasteiger partial charge in [0.1, 0.15) is 0 Å². The molecule has 1 aliphatic heterocycles. The van der Waals surface area contributed by atoms with Crippen molar-refractivity contribution in [1.29, 1.82) is 0 Å². The Balaban J connectivity index is 1.24. The minimum atomic E-state index is 1.05. The van der Waals surface area contributed by atoms with Gasteiger partial charge in [-0.2, -0.15) is 0 Å². The van der Waals surface area contributed by atoms with Crippen LogP contribution in [0.4, 0.5) is 5.69 Å². The summed E-state index contributed by atoms with van der Waals surface area (Å²) in [4.78, 5) is 12.6. The van der Waals surface area contributed by atoms with Crippen LogP contribution in [0.5, 0.6) is 0 Å². The first-order valence-corrected chi connectivity index (χ1v) is 8.83. The number of H-pyrrole nitrogens is 1. The van der Waals surface area contributed by atoms with Crippen molar-refractivity contribution in [2.75, 3.05) is 37.6 Å². The molecule has 1 N–H and O–H groups in total. The third-order valence-electron chi connectivity index (χ3n) is 4.92. The second-order valence-corrected chi connectivity index (χ2v) is 6.52. The number of anilines is 1. The number of piperazine rings is 1. The number of imidazole rings is 1. The summed E-state index contributed by atoms with van der Waals surface area (Å²) in [5.41, 5.74) is 4.94. The Hall–Kier alpha value is -2.33. The summed E-state index contributed by atoms with van der Waals surface area (Å²) in [5, 5.41) is 0. The molecule has 0 radical (unpaired) electrons. The first-order chi connectivity index (χ1) is 11.9. The number of para-hydroxylation sites is 1. The predicted octanol–water partition coefficient (Wildman–Crippen LogP) is 3.32.